The Morgan fingerprint density at radius 3 is 3.00 bits per heavy atom. The number of hydrogen-bond acceptors (Lipinski definition) is 5. The van der Waals surface area contributed by atoms with Crippen molar-refractivity contribution in [3.05, 3.63) is 41.9 Å². The molecule has 0 bridgehead atoms. The number of rotatable bonds is 1. The van der Waals surface area contributed by atoms with Crippen molar-refractivity contribution >= 4 is 48.2 Å². The highest BCUT2D eigenvalue weighted by Gasteiger charge is 2.08. The Morgan fingerprint density at radius 2 is 2.05 bits per heavy atom. The fourth-order valence-electron chi connectivity index (χ4n) is 2.14. The Labute approximate surface area is 117 Å². The fraction of sp³-hybridized carbons (Fsp3) is 0. The van der Waals surface area contributed by atoms with Gasteiger partial charge in [-0.15, -0.1) is 11.3 Å². The molecule has 4 aromatic rings. The van der Waals surface area contributed by atoms with E-state index in [1.807, 2.05) is 23.7 Å². The van der Waals surface area contributed by atoms with Gasteiger partial charge in [-0.2, -0.15) is 0 Å². The lowest BCUT2D eigenvalue weighted by atomic mass is 10.0. The molecule has 0 saturated carbocycles. The summed E-state index contributed by atoms with van der Waals surface area (Å²) < 4.78 is 2.25. The van der Waals surface area contributed by atoms with Crippen LogP contribution in [0.1, 0.15) is 0 Å². The van der Waals surface area contributed by atoms with Crippen LogP contribution in [0.2, 0.25) is 0 Å². The molecule has 2 aromatic heterocycles. The standard InChI is InChI=1S/C14H8N3S2/c15-14-17-10-6-8(4-5-11(10)19-14)9-2-1-3-12-13(9)16-7-18-12/h1-5,7H,(H2,15,17). The Kier molecular flexibility index (Phi) is 2.30. The molecular formula is C14H8N3S2. The third-order valence-corrected chi connectivity index (χ3v) is 4.62. The molecule has 4 rings (SSSR count). The van der Waals surface area contributed by atoms with Gasteiger partial charge >= 0.3 is 0 Å². The molecule has 2 heterocycles. The highest BCUT2D eigenvalue weighted by Crippen LogP contribution is 2.32. The molecule has 0 saturated heterocycles. The van der Waals surface area contributed by atoms with Gasteiger partial charge in [-0.25, -0.2) is 9.97 Å². The smallest absolute Gasteiger partial charge is 0.181 e. The van der Waals surface area contributed by atoms with E-state index in [9.17, 15) is 0 Å². The number of hydrogen-bond donors (Lipinski definition) is 1. The third-order valence-electron chi connectivity index (χ3n) is 2.98. The van der Waals surface area contributed by atoms with Crippen molar-refractivity contribution in [2.75, 3.05) is 5.73 Å². The average molecular weight is 282 g/mol. The maximum absolute atomic E-state index is 5.73. The van der Waals surface area contributed by atoms with Gasteiger partial charge in [-0.05, 0) is 17.7 Å². The van der Waals surface area contributed by atoms with Gasteiger partial charge in [0, 0.05) is 11.6 Å². The Morgan fingerprint density at radius 1 is 1.11 bits per heavy atom. The highest BCUT2D eigenvalue weighted by molar-refractivity contribution is 7.22. The van der Waals surface area contributed by atoms with E-state index in [4.69, 9.17) is 5.73 Å². The molecule has 3 nitrogen and oxygen atoms in total. The summed E-state index contributed by atoms with van der Waals surface area (Å²) in [7, 11) is 0. The monoisotopic (exact) mass is 282 g/mol. The van der Waals surface area contributed by atoms with Crippen LogP contribution in [0.4, 0.5) is 5.13 Å². The summed E-state index contributed by atoms with van der Waals surface area (Å²) in [4.78, 5) is 8.73. The maximum Gasteiger partial charge on any atom is 0.181 e. The van der Waals surface area contributed by atoms with Crippen molar-refractivity contribution in [2.45, 2.75) is 0 Å². The number of fused-ring (bicyclic) bond motifs is 2. The van der Waals surface area contributed by atoms with E-state index < -0.39 is 0 Å². The van der Waals surface area contributed by atoms with Crippen LogP contribution in [-0.4, -0.2) is 9.97 Å². The van der Waals surface area contributed by atoms with E-state index in [2.05, 4.69) is 28.2 Å². The van der Waals surface area contributed by atoms with E-state index in [1.54, 1.807) is 11.3 Å². The van der Waals surface area contributed by atoms with Crippen LogP contribution in [0.25, 0.3) is 31.6 Å². The zero-order chi connectivity index (χ0) is 12.8. The van der Waals surface area contributed by atoms with Gasteiger partial charge in [0.15, 0.2) is 5.13 Å². The van der Waals surface area contributed by atoms with Gasteiger partial charge in [0.25, 0.3) is 0 Å². The first kappa shape index (κ1) is 10.9. The Bertz CT molecular complexity index is 892. The Balaban J connectivity index is 2.00. The fourth-order valence-corrected chi connectivity index (χ4v) is 3.54. The number of nitrogen functional groups attached to an aromatic ring is 1. The maximum atomic E-state index is 5.73. The van der Waals surface area contributed by atoms with Crippen LogP contribution in [0.5, 0.6) is 0 Å². The van der Waals surface area contributed by atoms with Crippen LogP contribution >= 0.6 is 22.7 Å². The molecule has 0 atom stereocenters. The summed E-state index contributed by atoms with van der Waals surface area (Å²) in [5.41, 5.74) is 11.5. The van der Waals surface area contributed by atoms with Crippen LogP contribution in [-0.2, 0) is 0 Å². The molecule has 0 spiro atoms. The first-order chi connectivity index (χ1) is 9.31. The molecule has 2 aromatic carbocycles. The lowest BCUT2D eigenvalue weighted by molar-refractivity contribution is 1.48. The van der Waals surface area contributed by atoms with E-state index in [-0.39, 0.29) is 0 Å². The molecule has 0 aliphatic heterocycles. The summed E-state index contributed by atoms with van der Waals surface area (Å²) in [6.45, 7) is 0. The van der Waals surface area contributed by atoms with Gasteiger partial charge in [-0.1, -0.05) is 29.5 Å². The number of nitrogens with zero attached hydrogens (tertiary/aromatic N) is 2. The lowest BCUT2D eigenvalue weighted by Crippen LogP contribution is -1.82. The molecule has 2 N–H and O–H groups in total. The van der Waals surface area contributed by atoms with Gasteiger partial charge in [0.2, 0.25) is 0 Å². The SMILES string of the molecule is Nc1nc2[c]c(-c3cccc4scnc34)ccc2s1. The van der Waals surface area contributed by atoms with Crippen LogP contribution < -0.4 is 5.73 Å². The van der Waals surface area contributed by atoms with E-state index in [0.717, 1.165) is 26.9 Å². The van der Waals surface area contributed by atoms with Crippen molar-refractivity contribution in [3.8, 4) is 11.1 Å². The minimum atomic E-state index is 0.579. The zero-order valence-corrected chi connectivity index (χ0v) is 11.4. The number of nitrogens with two attached hydrogens (primary N) is 1. The van der Waals surface area contributed by atoms with Crippen molar-refractivity contribution < 1.29 is 0 Å². The summed E-state index contributed by atoms with van der Waals surface area (Å²) >= 11 is 3.13. The number of benzene rings is 2. The number of thiazole rings is 2. The quantitative estimate of drug-likeness (QED) is 0.575. The second kappa shape index (κ2) is 4.01. The largest absolute Gasteiger partial charge is 0.375 e. The van der Waals surface area contributed by atoms with Crippen molar-refractivity contribution in [3.63, 3.8) is 0 Å². The molecular weight excluding hydrogens is 274 g/mol. The van der Waals surface area contributed by atoms with E-state index in [0.29, 0.717) is 5.13 Å². The first-order valence-corrected chi connectivity index (χ1v) is 7.42. The minimum absolute atomic E-state index is 0.579. The van der Waals surface area contributed by atoms with Crippen LogP contribution in [0.15, 0.2) is 35.8 Å². The van der Waals surface area contributed by atoms with Gasteiger partial charge in [-0.3, -0.25) is 0 Å². The summed E-state index contributed by atoms with van der Waals surface area (Å²) in [6.07, 6.45) is 0. The van der Waals surface area contributed by atoms with Crippen molar-refractivity contribution in [1.82, 2.24) is 9.97 Å². The molecule has 0 aliphatic rings. The van der Waals surface area contributed by atoms with Gasteiger partial charge < -0.3 is 5.73 Å². The third kappa shape index (κ3) is 1.70. The van der Waals surface area contributed by atoms with Crippen LogP contribution in [0.3, 0.4) is 0 Å². The Hall–Kier alpha value is -1.98. The molecule has 0 aliphatic carbocycles. The second-order valence-corrected chi connectivity index (χ2v) is 6.09. The molecule has 5 heteroatoms. The van der Waals surface area contributed by atoms with E-state index in [1.165, 1.54) is 16.0 Å². The number of para-hydroxylation sites is 1. The topological polar surface area (TPSA) is 51.8 Å². The molecule has 0 fully saturated rings. The number of anilines is 1. The highest BCUT2D eigenvalue weighted by atomic mass is 32.1. The zero-order valence-electron chi connectivity index (χ0n) is 9.75. The van der Waals surface area contributed by atoms with E-state index >= 15 is 0 Å². The normalized spacial score (nSPS) is 11.4. The van der Waals surface area contributed by atoms with Gasteiger partial charge in [0.1, 0.15) is 0 Å². The van der Waals surface area contributed by atoms with Crippen molar-refractivity contribution in [1.29, 1.82) is 0 Å². The predicted molar refractivity (Wildman–Crippen MR) is 81.5 cm³/mol. The molecule has 0 amide bonds. The molecule has 0 unspecified atom stereocenters. The molecule has 91 valence electrons. The van der Waals surface area contributed by atoms with Gasteiger partial charge in [0.05, 0.1) is 25.9 Å². The summed E-state index contributed by atoms with van der Waals surface area (Å²) in [5.74, 6) is 0. The average Bonchev–Trinajstić information content (AvgIpc) is 3.01. The van der Waals surface area contributed by atoms with Crippen LogP contribution in [0, 0.1) is 6.07 Å². The predicted octanol–water partition coefficient (Wildman–Crippen LogP) is 3.96. The summed E-state index contributed by atoms with van der Waals surface area (Å²) in [6, 6.07) is 13.6. The van der Waals surface area contributed by atoms with Crippen molar-refractivity contribution in [2.24, 2.45) is 0 Å². The molecule has 1 radical (unpaired) electrons. The molecule has 19 heavy (non-hydrogen) atoms. The lowest BCUT2D eigenvalue weighted by Gasteiger charge is -2.02. The minimum Gasteiger partial charge on any atom is -0.375 e. The summed E-state index contributed by atoms with van der Waals surface area (Å²) in [5, 5.41) is 0.579. The second-order valence-electron chi connectivity index (χ2n) is 4.14. The first-order valence-electron chi connectivity index (χ1n) is 5.72. The number of aromatic nitrogens is 2.